The Morgan fingerprint density at radius 2 is 1.84 bits per heavy atom. The number of benzene rings is 1. The molecule has 1 amide bonds. The highest BCUT2D eigenvalue weighted by Gasteiger charge is 2.25. The van der Waals surface area contributed by atoms with Gasteiger partial charge in [-0.2, -0.15) is 0 Å². The van der Waals surface area contributed by atoms with Gasteiger partial charge in [0.2, 0.25) is 0 Å². The molecule has 1 aliphatic heterocycles. The number of nitrogens with zero attached hydrogens (tertiary/aromatic N) is 3. The van der Waals surface area contributed by atoms with Crippen LogP contribution in [0.4, 0.5) is 0 Å². The number of carbonyl (C=O) groups is 1. The number of fused-ring (bicyclic) bond motifs is 1. The van der Waals surface area contributed by atoms with Crippen molar-refractivity contribution in [3.8, 4) is 0 Å². The van der Waals surface area contributed by atoms with Crippen molar-refractivity contribution in [1.29, 1.82) is 0 Å². The molecule has 1 aromatic carbocycles. The summed E-state index contributed by atoms with van der Waals surface area (Å²) < 4.78 is 1.19. The van der Waals surface area contributed by atoms with Crippen LogP contribution in [0.15, 0.2) is 48.7 Å². The van der Waals surface area contributed by atoms with E-state index in [2.05, 4.69) is 35.0 Å². The van der Waals surface area contributed by atoms with Gasteiger partial charge in [-0.3, -0.25) is 14.7 Å². The second-order valence-electron chi connectivity index (χ2n) is 6.44. The number of rotatable bonds is 3. The highest BCUT2D eigenvalue weighted by molar-refractivity contribution is 7.21. The van der Waals surface area contributed by atoms with Crippen molar-refractivity contribution in [3.63, 3.8) is 0 Å². The topological polar surface area (TPSA) is 36.4 Å². The molecule has 0 unspecified atom stereocenters. The van der Waals surface area contributed by atoms with Crippen LogP contribution < -0.4 is 0 Å². The molecule has 0 radical (unpaired) electrons. The standard InChI is InChI=1S/C20H21N3OS/c1-15-17-7-2-3-8-18(17)25-19(15)20(24)23-12-10-22(11-13-23)14-16-6-4-5-9-21-16/h2-9H,10-14H2,1H3. The van der Waals surface area contributed by atoms with Crippen LogP contribution in [0.25, 0.3) is 10.1 Å². The van der Waals surface area contributed by atoms with Gasteiger partial charge in [-0.05, 0) is 36.1 Å². The summed E-state index contributed by atoms with van der Waals surface area (Å²) in [4.78, 5) is 22.6. The van der Waals surface area contributed by atoms with E-state index in [9.17, 15) is 4.79 Å². The number of hydrogen-bond acceptors (Lipinski definition) is 4. The number of aryl methyl sites for hydroxylation is 1. The zero-order valence-corrected chi connectivity index (χ0v) is 15.1. The molecule has 1 aliphatic rings. The predicted molar refractivity (Wildman–Crippen MR) is 102 cm³/mol. The Bertz CT molecular complexity index is 882. The minimum Gasteiger partial charge on any atom is -0.335 e. The van der Waals surface area contributed by atoms with Crippen molar-refractivity contribution in [2.24, 2.45) is 0 Å². The molecule has 128 valence electrons. The first-order valence-corrected chi connectivity index (χ1v) is 9.43. The number of carbonyl (C=O) groups excluding carboxylic acids is 1. The second kappa shape index (κ2) is 6.94. The van der Waals surface area contributed by atoms with Gasteiger partial charge in [0.15, 0.2) is 0 Å². The lowest BCUT2D eigenvalue weighted by Crippen LogP contribution is -2.48. The monoisotopic (exact) mass is 351 g/mol. The van der Waals surface area contributed by atoms with Crippen LogP contribution in [-0.4, -0.2) is 46.9 Å². The molecule has 0 spiro atoms. The first kappa shape index (κ1) is 16.2. The molecule has 1 saturated heterocycles. The van der Waals surface area contributed by atoms with Gasteiger partial charge >= 0.3 is 0 Å². The molecular formula is C20H21N3OS. The number of amides is 1. The molecule has 1 fully saturated rings. The normalized spacial score (nSPS) is 15.6. The SMILES string of the molecule is Cc1c(C(=O)N2CCN(Cc3ccccn3)CC2)sc2ccccc12. The molecule has 5 heteroatoms. The van der Waals surface area contributed by atoms with Gasteiger partial charge in [0.1, 0.15) is 0 Å². The van der Waals surface area contributed by atoms with Crippen molar-refractivity contribution in [3.05, 3.63) is 64.8 Å². The summed E-state index contributed by atoms with van der Waals surface area (Å²) in [6.07, 6.45) is 1.83. The summed E-state index contributed by atoms with van der Waals surface area (Å²) in [6, 6.07) is 14.3. The lowest BCUT2D eigenvalue weighted by atomic mass is 10.1. The number of piperazine rings is 1. The molecule has 3 aromatic rings. The molecule has 0 bridgehead atoms. The lowest BCUT2D eigenvalue weighted by Gasteiger charge is -2.34. The number of thiophene rings is 1. The van der Waals surface area contributed by atoms with Gasteiger partial charge in [0.05, 0.1) is 10.6 Å². The van der Waals surface area contributed by atoms with Crippen molar-refractivity contribution >= 4 is 27.3 Å². The molecule has 0 saturated carbocycles. The van der Waals surface area contributed by atoms with Gasteiger partial charge in [0, 0.05) is 43.6 Å². The highest BCUT2D eigenvalue weighted by Crippen LogP contribution is 2.31. The quantitative estimate of drug-likeness (QED) is 0.724. The van der Waals surface area contributed by atoms with Crippen LogP contribution in [-0.2, 0) is 6.54 Å². The van der Waals surface area contributed by atoms with E-state index < -0.39 is 0 Å². The Hall–Kier alpha value is -2.24. The fourth-order valence-corrected chi connectivity index (χ4v) is 4.53. The zero-order chi connectivity index (χ0) is 17.2. The van der Waals surface area contributed by atoms with Gasteiger partial charge < -0.3 is 4.90 Å². The Labute approximate surface area is 151 Å². The molecule has 0 atom stereocenters. The maximum atomic E-state index is 13.0. The van der Waals surface area contributed by atoms with E-state index in [-0.39, 0.29) is 5.91 Å². The molecule has 4 rings (SSSR count). The third-order valence-electron chi connectivity index (χ3n) is 4.81. The van der Waals surface area contributed by atoms with Crippen molar-refractivity contribution in [1.82, 2.24) is 14.8 Å². The predicted octanol–water partition coefficient (Wildman–Crippen LogP) is 3.56. The molecule has 0 aliphatic carbocycles. The van der Waals surface area contributed by atoms with Crippen LogP contribution in [0.2, 0.25) is 0 Å². The van der Waals surface area contributed by atoms with Crippen LogP contribution >= 0.6 is 11.3 Å². The third kappa shape index (κ3) is 3.30. The average Bonchev–Trinajstić information content (AvgIpc) is 3.00. The van der Waals surface area contributed by atoms with Crippen LogP contribution in [0.1, 0.15) is 20.9 Å². The summed E-state index contributed by atoms with van der Waals surface area (Å²) in [5.74, 6) is 0.177. The van der Waals surface area contributed by atoms with E-state index in [0.29, 0.717) is 0 Å². The first-order valence-electron chi connectivity index (χ1n) is 8.62. The Kier molecular flexibility index (Phi) is 4.51. The summed E-state index contributed by atoms with van der Waals surface area (Å²) in [5.41, 5.74) is 2.20. The van der Waals surface area contributed by atoms with Gasteiger partial charge in [0.25, 0.3) is 5.91 Å². The Morgan fingerprint density at radius 1 is 1.08 bits per heavy atom. The lowest BCUT2D eigenvalue weighted by molar-refractivity contribution is 0.0631. The summed E-state index contributed by atoms with van der Waals surface area (Å²) >= 11 is 1.61. The average molecular weight is 351 g/mol. The van der Waals surface area contributed by atoms with Crippen molar-refractivity contribution in [2.75, 3.05) is 26.2 Å². The van der Waals surface area contributed by atoms with Gasteiger partial charge in [-0.1, -0.05) is 24.3 Å². The van der Waals surface area contributed by atoms with Crippen LogP contribution in [0.5, 0.6) is 0 Å². The van der Waals surface area contributed by atoms with Crippen LogP contribution in [0.3, 0.4) is 0 Å². The van der Waals surface area contributed by atoms with Crippen molar-refractivity contribution in [2.45, 2.75) is 13.5 Å². The van der Waals surface area contributed by atoms with E-state index >= 15 is 0 Å². The van der Waals surface area contributed by atoms with E-state index in [4.69, 9.17) is 0 Å². The minimum absolute atomic E-state index is 0.177. The maximum Gasteiger partial charge on any atom is 0.264 e. The zero-order valence-electron chi connectivity index (χ0n) is 14.3. The molecule has 2 aromatic heterocycles. The van der Waals surface area contributed by atoms with E-state index in [1.54, 1.807) is 11.3 Å². The minimum atomic E-state index is 0.177. The number of aromatic nitrogens is 1. The second-order valence-corrected chi connectivity index (χ2v) is 7.49. The molecular weight excluding hydrogens is 330 g/mol. The summed E-state index contributed by atoms with van der Waals surface area (Å²) in [7, 11) is 0. The highest BCUT2D eigenvalue weighted by atomic mass is 32.1. The summed E-state index contributed by atoms with van der Waals surface area (Å²) in [6.45, 7) is 6.26. The smallest absolute Gasteiger partial charge is 0.264 e. The molecule has 3 heterocycles. The largest absolute Gasteiger partial charge is 0.335 e. The summed E-state index contributed by atoms with van der Waals surface area (Å²) in [5, 5.41) is 1.20. The van der Waals surface area contributed by atoms with E-state index in [0.717, 1.165) is 48.9 Å². The first-order chi connectivity index (χ1) is 12.2. The fraction of sp³-hybridized carbons (Fsp3) is 0.300. The number of pyridine rings is 1. The Balaban J connectivity index is 1.43. The number of hydrogen-bond donors (Lipinski definition) is 0. The molecule has 0 N–H and O–H groups in total. The van der Waals surface area contributed by atoms with Gasteiger partial charge in [-0.15, -0.1) is 11.3 Å². The van der Waals surface area contributed by atoms with Crippen molar-refractivity contribution < 1.29 is 4.79 Å². The van der Waals surface area contributed by atoms with Gasteiger partial charge in [-0.25, -0.2) is 0 Å². The van der Waals surface area contributed by atoms with Crippen LogP contribution in [0, 0.1) is 6.92 Å². The van der Waals surface area contributed by atoms with E-state index in [1.807, 2.05) is 35.4 Å². The molecule has 4 nitrogen and oxygen atoms in total. The van der Waals surface area contributed by atoms with E-state index in [1.165, 1.54) is 10.1 Å². The maximum absolute atomic E-state index is 13.0. The fourth-order valence-electron chi connectivity index (χ4n) is 3.35. The Morgan fingerprint density at radius 3 is 2.56 bits per heavy atom. The third-order valence-corrected chi connectivity index (χ3v) is 6.07. The molecule has 25 heavy (non-hydrogen) atoms.